The number of carbonyl (C=O) groups is 1. The Kier molecular flexibility index (Phi) is 4.48. The first-order chi connectivity index (χ1) is 14.7. The molecule has 0 aliphatic carbocycles. The molecule has 0 bridgehead atoms. The Balaban J connectivity index is 1.46. The first kappa shape index (κ1) is 18.1. The van der Waals surface area contributed by atoms with E-state index in [0.29, 0.717) is 12.1 Å². The molecule has 2 aromatic carbocycles. The molecule has 148 valence electrons. The van der Waals surface area contributed by atoms with Crippen LogP contribution in [0.5, 0.6) is 0 Å². The number of amides is 1. The molecule has 1 amide bonds. The molecule has 0 saturated carbocycles. The highest BCUT2D eigenvalue weighted by Gasteiger charge is 2.11. The molecule has 7 heteroatoms. The van der Waals surface area contributed by atoms with E-state index in [0.717, 1.165) is 40.2 Å². The van der Waals surface area contributed by atoms with Gasteiger partial charge in [-0.3, -0.25) is 4.79 Å². The number of nitrogens with one attached hydrogen (secondary N) is 2. The maximum atomic E-state index is 11.8. The Labute approximate surface area is 173 Å². The zero-order valence-corrected chi connectivity index (χ0v) is 16.5. The van der Waals surface area contributed by atoms with Gasteiger partial charge in [0.15, 0.2) is 5.65 Å². The number of aromatic nitrogens is 4. The standard InChI is InChI=1S/C23H20N6O/c1-24-23(30)17-7-5-16(6-8-17)20-10-11-21-22(26-20)29(28-27-21)14-15-4-9-19-18(13-15)3-2-12-25-19/h2-11,13,25H,12,14H2,1H3,(H,24,30). The van der Waals surface area contributed by atoms with Gasteiger partial charge in [0.1, 0.15) is 5.52 Å². The summed E-state index contributed by atoms with van der Waals surface area (Å²) in [6, 6.07) is 17.6. The maximum absolute atomic E-state index is 11.8. The first-order valence-electron chi connectivity index (χ1n) is 9.77. The fourth-order valence-corrected chi connectivity index (χ4v) is 3.59. The topological polar surface area (TPSA) is 84.7 Å². The summed E-state index contributed by atoms with van der Waals surface area (Å²) in [6.07, 6.45) is 4.24. The van der Waals surface area contributed by atoms with Gasteiger partial charge in [0.25, 0.3) is 5.91 Å². The molecule has 0 unspecified atom stereocenters. The van der Waals surface area contributed by atoms with E-state index in [-0.39, 0.29) is 5.91 Å². The highest BCUT2D eigenvalue weighted by atomic mass is 16.1. The van der Waals surface area contributed by atoms with Crippen molar-refractivity contribution < 1.29 is 4.79 Å². The van der Waals surface area contributed by atoms with Crippen LogP contribution in [0, 0.1) is 0 Å². The van der Waals surface area contributed by atoms with E-state index in [1.807, 2.05) is 28.9 Å². The van der Waals surface area contributed by atoms with Crippen LogP contribution in [0.1, 0.15) is 21.5 Å². The number of benzene rings is 2. The van der Waals surface area contributed by atoms with Crippen molar-refractivity contribution >= 4 is 28.8 Å². The molecule has 2 aromatic heterocycles. The maximum Gasteiger partial charge on any atom is 0.251 e. The fourth-order valence-electron chi connectivity index (χ4n) is 3.59. The largest absolute Gasteiger partial charge is 0.381 e. The van der Waals surface area contributed by atoms with Crippen molar-refractivity contribution in [2.75, 3.05) is 18.9 Å². The number of hydrogen-bond acceptors (Lipinski definition) is 5. The second-order valence-corrected chi connectivity index (χ2v) is 7.15. The normalized spacial score (nSPS) is 12.4. The smallest absolute Gasteiger partial charge is 0.251 e. The molecule has 0 spiro atoms. The molecular weight excluding hydrogens is 376 g/mol. The monoisotopic (exact) mass is 396 g/mol. The van der Waals surface area contributed by atoms with E-state index in [1.165, 1.54) is 5.56 Å². The molecule has 1 aliphatic heterocycles. The number of rotatable bonds is 4. The fraction of sp³-hybridized carbons (Fsp3) is 0.130. The van der Waals surface area contributed by atoms with Gasteiger partial charge in [-0.15, -0.1) is 5.10 Å². The number of carbonyl (C=O) groups excluding carboxylic acids is 1. The zero-order valence-electron chi connectivity index (χ0n) is 16.5. The van der Waals surface area contributed by atoms with Crippen LogP contribution in [0.25, 0.3) is 28.5 Å². The number of anilines is 1. The van der Waals surface area contributed by atoms with Gasteiger partial charge < -0.3 is 10.6 Å². The van der Waals surface area contributed by atoms with Gasteiger partial charge in [-0.05, 0) is 47.5 Å². The first-order valence-corrected chi connectivity index (χ1v) is 9.77. The van der Waals surface area contributed by atoms with Crippen LogP contribution in [-0.4, -0.2) is 39.5 Å². The van der Waals surface area contributed by atoms with E-state index in [4.69, 9.17) is 4.98 Å². The summed E-state index contributed by atoms with van der Waals surface area (Å²) in [5, 5.41) is 14.5. The summed E-state index contributed by atoms with van der Waals surface area (Å²) in [6.45, 7) is 1.44. The summed E-state index contributed by atoms with van der Waals surface area (Å²) in [4.78, 5) is 16.5. The van der Waals surface area contributed by atoms with Gasteiger partial charge in [-0.1, -0.05) is 35.6 Å². The summed E-state index contributed by atoms with van der Waals surface area (Å²) in [5.41, 5.74) is 7.29. The minimum absolute atomic E-state index is 0.109. The van der Waals surface area contributed by atoms with Crippen LogP contribution >= 0.6 is 0 Å². The van der Waals surface area contributed by atoms with E-state index >= 15 is 0 Å². The van der Waals surface area contributed by atoms with Crippen molar-refractivity contribution in [3.63, 3.8) is 0 Å². The van der Waals surface area contributed by atoms with Crippen LogP contribution in [0.3, 0.4) is 0 Å². The van der Waals surface area contributed by atoms with Crippen molar-refractivity contribution in [1.29, 1.82) is 0 Å². The van der Waals surface area contributed by atoms with Crippen molar-refractivity contribution in [2.45, 2.75) is 6.54 Å². The van der Waals surface area contributed by atoms with E-state index in [2.05, 4.69) is 51.3 Å². The summed E-state index contributed by atoms with van der Waals surface area (Å²) in [7, 11) is 1.62. The molecule has 30 heavy (non-hydrogen) atoms. The van der Waals surface area contributed by atoms with Gasteiger partial charge >= 0.3 is 0 Å². The minimum Gasteiger partial charge on any atom is -0.381 e. The lowest BCUT2D eigenvalue weighted by molar-refractivity contribution is 0.0963. The highest BCUT2D eigenvalue weighted by molar-refractivity contribution is 5.94. The average molecular weight is 396 g/mol. The SMILES string of the molecule is CNC(=O)c1ccc(-c2ccc3nnn(Cc4ccc5c(c4)C=CCN5)c3n2)cc1. The molecule has 2 N–H and O–H groups in total. The van der Waals surface area contributed by atoms with Gasteiger partial charge in [0, 0.05) is 30.4 Å². The van der Waals surface area contributed by atoms with Crippen molar-refractivity contribution in [3.8, 4) is 11.3 Å². The number of nitrogens with zero attached hydrogens (tertiary/aromatic N) is 4. The number of fused-ring (bicyclic) bond motifs is 2. The number of pyridine rings is 1. The van der Waals surface area contributed by atoms with Crippen LogP contribution in [0.4, 0.5) is 5.69 Å². The lowest BCUT2D eigenvalue weighted by Crippen LogP contribution is -2.17. The molecule has 0 fully saturated rings. The second kappa shape index (κ2) is 7.44. The highest BCUT2D eigenvalue weighted by Crippen LogP contribution is 2.24. The molecule has 0 atom stereocenters. The van der Waals surface area contributed by atoms with Gasteiger partial charge in [0.05, 0.1) is 12.2 Å². The Bertz CT molecular complexity index is 1270. The van der Waals surface area contributed by atoms with Crippen molar-refractivity contribution in [1.82, 2.24) is 25.3 Å². The molecular formula is C23H20N6O. The lowest BCUT2D eigenvalue weighted by atomic mass is 10.1. The molecule has 4 aromatic rings. The van der Waals surface area contributed by atoms with E-state index < -0.39 is 0 Å². The van der Waals surface area contributed by atoms with Crippen LogP contribution in [-0.2, 0) is 6.54 Å². The summed E-state index contributed by atoms with van der Waals surface area (Å²) < 4.78 is 1.82. The summed E-state index contributed by atoms with van der Waals surface area (Å²) in [5.74, 6) is -0.109. The Morgan fingerprint density at radius 3 is 2.83 bits per heavy atom. The third-order valence-electron chi connectivity index (χ3n) is 5.19. The van der Waals surface area contributed by atoms with Crippen LogP contribution in [0.2, 0.25) is 0 Å². The van der Waals surface area contributed by atoms with E-state index in [1.54, 1.807) is 19.2 Å². The second-order valence-electron chi connectivity index (χ2n) is 7.15. The van der Waals surface area contributed by atoms with Crippen molar-refractivity contribution in [2.24, 2.45) is 0 Å². The molecule has 7 nitrogen and oxygen atoms in total. The van der Waals surface area contributed by atoms with Gasteiger partial charge in [-0.25, -0.2) is 9.67 Å². The molecule has 5 rings (SSSR count). The van der Waals surface area contributed by atoms with Gasteiger partial charge in [0.2, 0.25) is 0 Å². The zero-order chi connectivity index (χ0) is 20.5. The van der Waals surface area contributed by atoms with E-state index in [9.17, 15) is 4.79 Å². The molecule has 3 heterocycles. The third kappa shape index (κ3) is 3.30. The minimum atomic E-state index is -0.109. The Morgan fingerprint density at radius 1 is 1.13 bits per heavy atom. The average Bonchev–Trinajstić information content (AvgIpc) is 3.20. The summed E-state index contributed by atoms with van der Waals surface area (Å²) >= 11 is 0. The van der Waals surface area contributed by atoms with Crippen LogP contribution < -0.4 is 10.6 Å². The number of hydrogen-bond donors (Lipinski definition) is 2. The quantitative estimate of drug-likeness (QED) is 0.553. The third-order valence-corrected chi connectivity index (χ3v) is 5.19. The van der Waals surface area contributed by atoms with Crippen LogP contribution in [0.15, 0.2) is 60.7 Å². The lowest BCUT2D eigenvalue weighted by Gasteiger charge is -2.14. The molecule has 0 saturated heterocycles. The Hall–Kier alpha value is -4.00. The molecule has 0 radical (unpaired) electrons. The van der Waals surface area contributed by atoms with Crippen molar-refractivity contribution in [3.05, 3.63) is 77.4 Å². The predicted octanol–water partition coefficient (Wildman–Crippen LogP) is 3.34. The van der Waals surface area contributed by atoms with Gasteiger partial charge in [-0.2, -0.15) is 0 Å². The Morgan fingerprint density at radius 2 is 2.00 bits per heavy atom. The predicted molar refractivity (Wildman–Crippen MR) is 117 cm³/mol. The molecule has 1 aliphatic rings.